The van der Waals surface area contributed by atoms with E-state index in [1.807, 2.05) is 61.5 Å². The molecular weight excluding hydrogens is 305 g/mol. The first-order valence-corrected chi connectivity index (χ1v) is 7.91. The number of nitrogens with one attached hydrogen (secondary N) is 1. The van der Waals surface area contributed by atoms with E-state index in [1.165, 1.54) is 0 Å². The Bertz CT molecular complexity index is 648. The summed E-state index contributed by atoms with van der Waals surface area (Å²) in [5.74, 6) is -0.165. The molecule has 0 radical (unpaired) electrons. The summed E-state index contributed by atoms with van der Waals surface area (Å²) in [6.45, 7) is 2.00. The molecule has 5 nitrogen and oxygen atoms in total. The van der Waals surface area contributed by atoms with Crippen LogP contribution >= 0.6 is 0 Å². The molecule has 2 aromatic carbocycles. The SMILES string of the molecule is Cc1cccc(OCNC(=O)C[C@@H](Cc2ccccc2)B(O)O)c1. The Balaban J connectivity index is 1.80. The fourth-order valence-electron chi connectivity index (χ4n) is 2.42. The molecule has 0 unspecified atom stereocenters. The molecule has 0 saturated heterocycles. The summed E-state index contributed by atoms with van der Waals surface area (Å²) in [7, 11) is -1.55. The highest BCUT2D eigenvalue weighted by atomic mass is 16.5. The summed E-state index contributed by atoms with van der Waals surface area (Å²) in [6, 6.07) is 17.0. The third-order valence-corrected chi connectivity index (χ3v) is 3.71. The van der Waals surface area contributed by atoms with Gasteiger partial charge in [0.1, 0.15) is 5.75 Å². The van der Waals surface area contributed by atoms with Crippen LogP contribution in [0.4, 0.5) is 0 Å². The van der Waals surface area contributed by atoms with Crippen molar-refractivity contribution in [3.63, 3.8) is 0 Å². The zero-order valence-corrected chi connectivity index (χ0v) is 13.7. The number of carbonyl (C=O) groups excluding carboxylic acids is 1. The molecular formula is C18H22BNO4. The predicted octanol–water partition coefficient (Wildman–Crippen LogP) is 1.92. The van der Waals surface area contributed by atoms with Crippen LogP contribution in [0.15, 0.2) is 54.6 Å². The van der Waals surface area contributed by atoms with Crippen LogP contribution in [0.25, 0.3) is 0 Å². The highest BCUT2D eigenvalue weighted by molar-refractivity contribution is 6.43. The largest absolute Gasteiger partial charge is 0.473 e. The zero-order valence-electron chi connectivity index (χ0n) is 13.7. The minimum Gasteiger partial charge on any atom is -0.473 e. The van der Waals surface area contributed by atoms with Crippen LogP contribution in [0.1, 0.15) is 17.5 Å². The number of amides is 1. The van der Waals surface area contributed by atoms with Gasteiger partial charge in [0.2, 0.25) is 5.91 Å². The van der Waals surface area contributed by atoms with Crippen molar-refractivity contribution in [1.29, 1.82) is 0 Å². The van der Waals surface area contributed by atoms with Gasteiger partial charge in [0.25, 0.3) is 0 Å². The van der Waals surface area contributed by atoms with Gasteiger partial charge in [0.05, 0.1) is 0 Å². The maximum atomic E-state index is 12.0. The number of aryl methyl sites for hydroxylation is 1. The molecule has 6 heteroatoms. The van der Waals surface area contributed by atoms with Crippen molar-refractivity contribution in [2.24, 2.45) is 0 Å². The van der Waals surface area contributed by atoms with E-state index >= 15 is 0 Å². The van der Waals surface area contributed by atoms with Crippen LogP contribution in [0, 0.1) is 6.92 Å². The average Bonchev–Trinajstić information content (AvgIpc) is 2.55. The minimum atomic E-state index is -1.55. The molecule has 0 fully saturated rings. The van der Waals surface area contributed by atoms with E-state index in [9.17, 15) is 14.8 Å². The summed E-state index contributed by atoms with van der Waals surface area (Å²) in [5, 5.41) is 21.6. The quantitative estimate of drug-likeness (QED) is 0.511. The van der Waals surface area contributed by atoms with Crippen molar-refractivity contribution in [1.82, 2.24) is 5.32 Å². The lowest BCUT2D eigenvalue weighted by atomic mass is 9.67. The fraction of sp³-hybridized carbons (Fsp3) is 0.278. The third-order valence-electron chi connectivity index (χ3n) is 3.71. The molecule has 1 amide bonds. The van der Waals surface area contributed by atoms with Gasteiger partial charge < -0.3 is 20.1 Å². The van der Waals surface area contributed by atoms with Crippen LogP contribution in [0.5, 0.6) is 5.75 Å². The van der Waals surface area contributed by atoms with E-state index in [1.54, 1.807) is 0 Å². The molecule has 1 atom stereocenters. The van der Waals surface area contributed by atoms with Gasteiger partial charge in [-0.1, -0.05) is 42.5 Å². The molecule has 0 spiro atoms. The highest BCUT2D eigenvalue weighted by Gasteiger charge is 2.26. The summed E-state index contributed by atoms with van der Waals surface area (Å²) in [6.07, 6.45) is 0.439. The Kier molecular flexibility index (Phi) is 6.84. The first-order chi connectivity index (χ1) is 11.5. The van der Waals surface area contributed by atoms with Gasteiger partial charge in [-0.25, -0.2) is 0 Å². The molecule has 126 valence electrons. The molecule has 0 heterocycles. The Morgan fingerprint density at radius 2 is 1.92 bits per heavy atom. The number of rotatable bonds is 8. The summed E-state index contributed by atoms with van der Waals surface area (Å²) >= 11 is 0. The molecule has 0 aliphatic rings. The second-order valence-corrected chi connectivity index (χ2v) is 5.77. The second kappa shape index (κ2) is 9.10. The number of hydrogen-bond acceptors (Lipinski definition) is 4. The number of hydrogen-bond donors (Lipinski definition) is 3. The van der Waals surface area contributed by atoms with E-state index in [0.29, 0.717) is 12.2 Å². The zero-order chi connectivity index (χ0) is 17.4. The maximum absolute atomic E-state index is 12.0. The maximum Gasteiger partial charge on any atom is 0.455 e. The molecule has 0 aliphatic heterocycles. The van der Waals surface area contributed by atoms with Crippen LogP contribution < -0.4 is 10.1 Å². The Hall–Kier alpha value is -2.31. The average molecular weight is 327 g/mol. The Morgan fingerprint density at radius 3 is 2.58 bits per heavy atom. The van der Waals surface area contributed by atoms with Gasteiger partial charge in [0.15, 0.2) is 6.73 Å². The van der Waals surface area contributed by atoms with Gasteiger partial charge in [-0.15, -0.1) is 0 Å². The molecule has 2 rings (SSSR count). The molecule has 3 N–H and O–H groups in total. The Labute approximate surface area is 142 Å². The molecule has 0 saturated carbocycles. The van der Waals surface area contributed by atoms with Crippen LogP contribution in [0.3, 0.4) is 0 Å². The van der Waals surface area contributed by atoms with Crippen molar-refractivity contribution in [3.05, 3.63) is 65.7 Å². The first kappa shape index (κ1) is 18.0. The third kappa shape index (κ3) is 6.06. The van der Waals surface area contributed by atoms with Gasteiger partial charge in [-0.3, -0.25) is 4.79 Å². The van der Waals surface area contributed by atoms with Gasteiger partial charge in [-0.05, 0) is 36.6 Å². The van der Waals surface area contributed by atoms with E-state index in [4.69, 9.17) is 4.74 Å². The lowest BCUT2D eigenvalue weighted by Crippen LogP contribution is -2.32. The molecule has 0 aromatic heterocycles. The van der Waals surface area contributed by atoms with Crippen molar-refractivity contribution in [2.75, 3.05) is 6.73 Å². The lowest BCUT2D eigenvalue weighted by molar-refractivity contribution is -0.122. The first-order valence-electron chi connectivity index (χ1n) is 7.91. The van der Waals surface area contributed by atoms with Gasteiger partial charge >= 0.3 is 7.12 Å². The normalized spacial score (nSPS) is 11.6. The Morgan fingerprint density at radius 1 is 1.17 bits per heavy atom. The minimum absolute atomic E-state index is 0.0176. The second-order valence-electron chi connectivity index (χ2n) is 5.77. The standard InChI is InChI=1S/C18H22BNO4/c1-14-6-5-9-17(10-14)24-13-20-18(21)12-16(19(22)23)11-15-7-3-2-4-8-15/h2-10,16,22-23H,11-13H2,1H3,(H,20,21)/t16-/m1/s1. The fourth-order valence-corrected chi connectivity index (χ4v) is 2.42. The van der Waals surface area contributed by atoms with Gasteiger partial charge in [0, 0.05) is 12.2 Å². The van der Waals surface area contributed by atoms with Crippen LogP contribution in [-0.4, -0.2) is 29.8 Å². The van der Waals surface area contributed by atoms with Crippen molar-refractivity contribution in [3.8, 4) is 5.75 Å². The van der Waals surface area contributed by atoms with Crippen molar-refractivity contribution in [2.45, 2.75) is 25.6 Å². The van der Waals surface area contributed by atoms with E-state index < -0.39 is 12.9 Å². The molecule has 24 heavy (non-hydrogen) atoms. The smallest absolute Gasteiger partial charge is 0.455 e. The molecule has 0 bridgehead atoms. The number of benzene rings is 2. The van der Waals surface area contributed by atoms with Crippen molar-refractivity contribution >= 4 is 13.0 Å². The molecule has 0 aliphatic carbocycles. The summed E-state index contributed by atoms with van der Waals surface area (Å²) < 4.78 is 5.46. The lowest BCUT2D eigenvalue weighted by Gasteiger charge is -2.16. The van der Waals surface area contributed by atoms with Gasteiger partial charge in [-0.2, -0.15) is 0 Å². The topological polar surface area (TPSA) is 78.8 Å². The highest BCUT2D eigenvalue weighted by Crippen LogP contribution is 2.19. The van der Waals surface area contributed by atoms with E-state index in [0.717, 1.165) is 11.1 Å². The van der Waals surface area contributed by atoms with Crippen LogP contribution in [0.2, 0.25) is 5.82 Å². The van der Waals surface area contributed by atoms with E-state index in [-0.39, 0.29) is 19.1 Å². The monoisotopic (exact) mass is 327 g/mol. The summed E-state index contributed by atoms with van der Waals surface area (Å²) in [5.41, 5.74) is 2.03. The predicted molar refractivity (Wildman–Crippen MR) is 93.5 cm³/mol. The van der Waals surface area contributed by atoms with E-state index in [2.05, 4.69) is 5.32 Å². The van der Waals surface area contributed by atoms with Crippen molar-refractivity contribution < 1.29 is 19.6 Å². The number of carbonyl (C=O) groups is 1. The summed E-state index contributed by atoms with van der Waals surface area (Å²) in [4.78, 5) is 12.0. The van der Waals surface area contributed by atoms with Crippen LogP contribution in [-0.2, 0) is 11.2 Å². The number of ether oxygens (including phenoxy) is 1. The molecule has 2 aromatic rings.